The zero-order valence-electron chi connectivity index (χ0n) is 19.2. The van der Waals surface area contributed by atoms with Crippen molar-refractivity contribution in [3.63, 3.8) is 0 Å². The molecule has 4 rings (SSSR count). The minimum atomic E-state index is -0.0921. The highest BCUT2D eigenvalue weighted by Crippen LogP contribution is 2.24. The molecule has 0 radical (unpaired) electrons. The Morgan fingerprint density at radius 1 is 1.03 bits per heavy atom. The molecule has 2 saturated heterocycles. The monoisotopic (exact) mass is 437 g/mol. The molecule has 2 aliphatic heterocycles. The van der Waals surface area contributed by atoms with Crippen LogP contribution in [-0.2, 0) is 11.3 Å². The van der Waals surface area contributed by atoms with E-state index in [1.165, 1.54) is 17.5 Å². The van der Waals surface area contributed by atoms with E-state index in [-0.39, 0.29) is 11.5 Å². The topological polar surface area (TPSA) is 61.7 Å². The molecule has 1 aromatic carbocycles. The molecule has 0 spiro atoms. The number of nitrogens with zero attached hydrogens (tertiary/aromatic N) is 5. The van der Waals surface area contributed by atoms with Gasteiger partial charge in [0.1, 0.15) is 0 Å². The smallest absolute Gasteiger partial charge is 0.269 e. The number of carbonyl (C=O) groups is 1. The van der Waals surface area contributed by atoms with Gasteiger partial charge in [0.2, 0.25) is 5.91 Å². The summed E-state index contributed by atoms with van der Waals surface area (Å²) in [7, 11) is 0. The summed E-state index contributed by atoms with van der Waals surface area (Å²) in [5, 5.41) is 4.39. The predicted molar refractivity (Wildman–Crippen MR) is 127 cm³/mol. The van der Waals surface area contributed by atoms with E-state index < -0.39 is 0 Å². The van der Waals surface area contributed by atoms with E-state index in [0.717, 1.165) is 69.9 Å². The van der Waals surface area contributed by atoms with Gasteiger partial charge in [0, 0.05) is 51.3 Å². The largest absolute Gasteiger partial charge is 0.370 e. The molecule has 3 heterocycles. The normalized spacial score (nSPS) is 18.2. The Balaban J connectivity index is 1.28. The fourth-order valence-corrected chi connectivity index (χ4v) is 4.69. The zero-order valence-corrected chi connectivity index (χ0v) is 19.2. The molecule has 0 unspecified atom stereocenters. The van der Waals surface area contributed by atoms with Crippen molar-refractivity contribution in [1.29, 1.82) is 0 Å². The maximum Gasteiger partial charge on any atom is 0.269 e. The molecular formula is C25H35N5O2. The Morgan fingerprint density at radius 3 is 2.41 bits per heavy atom. The molecule has 2 aliphatic rings. The van der Waals surface area contributed by atoms with Gasteiger partial charge in [0.25, 0.3) is 5.56 Å². The van der Waals surface area contributed by atoms with Crippen LogP contribution in [0.15, 0.2) is 47.4 Å². The van der Waals surface area contributed by atoms with Gasteiger partial charge in [0.15, 0.2) is 0 Å². The lowest BCUT2D eigenvalue weighted by Gasteiger charge is -2.39. The van der Waals surface area contributed by atoms with Crippen molar-refractivity contribution >= 4 is 11.6 Å². The molecule has 7 nitrogen and oxygen atoms in total. The second-order valence-corrected chi connectivity index (χ2v) is 8.98. The summed E-state index contributed by atoms with van der Waals surface area (Å²) in [6.45, 7) is 9.12. The van der Waals surface area contributed by atoms with Crippen LogP contribution in [0.1, 0.15) is 38.2 Å². The van der Waals surface area contributed by atoms with Crippen LogP contribution in [0.25, 0.3) is 0 Å². The summed E-state index contributed by atoms with van der Waals surface area (Å²) < 4.78 is 1.50. The highest BCUT2D eigenvalue weighted by molar-refractivity contribution is 5.79. The number of benzene rings is 1. The van der Waals surface area contributed by atoms with E-state index in [0.29, 0.717) is 12.5 Å². The molecule has 32 heavy (non-hydrogen) atoms. The van der Waals surface area contributed by atoms with Gasteiger partial charge < -0.3 is 9.80 Å². The first-order chi connectivity index (χ1) is 15.6. The molecule has 1 aromatic heterocycles. The molecule has 172 valence electrons. The third kappa shape index (κ3) is 5.57. The highest BCUT2D eigenvalue weighted by atomic mass is 16.2. The Kier molecular flexibility index (Phi) is 7.58. The number of unbranched alkanes of at least 4 members (excludes halogenated alkanes) is 1. The van der Waals surface area contributed by atoms with Gasteiger partial charge in [-0.25, -0.2) is 4.68 Å². The van der Waals surface area contributed by atoms with Crippen LogP contribution >= 0.6 is 0 Å². The van der Waals surface area contributed by atoms with Crippen molar-refractivity contribution in [1.82, 2.24) is 19.6 Å². The number of hydrogen-bond acceptors (Lipinski definition) is 5. The van der Waals surface area contributed by atoms with Crippen molar-refractivity contribution in [3.8, 4) is 0 Å². The fraction of sp³-hybridized carbons (Fsp3) is 0.560. The van der Waals surface area contributed by atoms with E-state index in [1.54, 1.807) is 12.3 Å². The first-order valence-corrected chi connectivity index (χ1v) is 12.0. The quantitative estimate of drug-likeness (QED) is 0.666. The second-order valence-electron chi connectivity index (χ2n) is 8.98. The Bertz CT molecular complexity index is 929. The third-order valence-corrected chi connectivity index (χ3v) is 6.75. The Labute approximate surface area is 190 Å². The standard InChI is InChI=1S/C25H35N5O2/c1-2-3-11-27-14-16-29(17-15-27)25(32)22-9-12-28(13-10-22)23-18-24(31)30(26-19-23)20-21-7-5-4-6-8-21/h4-8,18-19,22H,2-3,9-17,20H2,1H3. The van der Waals surface area contributed by atoms with Crippen LogP contribution in [0.3, 0.4) is 0 Å². The molecule has 2 aromatic rings. The van der Waals surface area contributed by atoms with Gasteiger partial charge in [0.05, 0.1) is 18.4 Å². The maximum atomic E-state index is 13.0. The number of aromatic nitrogens is 2. The van der Waals surface area contributed by atoms with Crippen LogP contribution in [0.2, 0.25) is 0 Å². The van der Waals surface area contributed by atoms with Gasteiger partial charge in [-0.05, 0) is 31.4 Å². The van der Waals surface area contributed by atoms with E-state index in [4.69, 9.17) is 0 Å². The van der Waals surface area contributed by atoms with Crippen LogP contribution < -0.4 is 10.5 Å². The maximum absolute atomic E-state index is 13.0. The summed E-state index contributed by atoms with van der Waals surface area (Å²) >= 11 is 0. The van der Waals surface area contributed by atoms with E-state index in [2.05, 4.69) is 26.7 Å². The third-order valence-electron chi connectivity index (χ3n) is 6.75. The highest BCUT2D eigenvalue weighted by Gasteiger charge is 2.30. The van der Waals surface area contributed by atoms with Crippen LogP contribution in [0.4, 0.5) is 5.69 Å². The number of hydrogen-bond donors (Lipinski definition) is 0. The lowest BCUT2D eigenvalue weighted by atomic mass is 9.94. The van der Waals surface area contributed by atoms with Crippen molar-refractivity contribution in [2.24, 2.45) is 5.92 Å². The SMILES string of the molecule is CCCCN1CCN(C(=O)C2CCN(c3cnn(Cc4ccccc4)c(=O)c3)CC2)CC1. The summed E-state index contributed by atoms with van der Waals surface area (Å²) in [6, 6.07) is 11.6. The van der Waals surface area contributed by atoms with E-state index >= 15 is 0 Å². The van der Waals surface area contributed by atoms with Crippen LogP contribution in [0.5, 0.6) is 0 Å². The predicted octanol–water partition coefficient (Wildman–Crippen LogP) is 2.45. The molecule has 0 N–H and O–H groups in total. The lowest BCUT2D eigenvalue weighted by molar-refractivity contribution is -0.138. The molecule has 0 atom stereocenters. The summed E-state index contributed by atoms with van der Waals surface area (Å²) in [5.74, 6) is 0.413. The summed E-state index contributed by atoms with van der Waals surface area (Å²) in [5.41, 5.74) is 1.82. The van der Waals surface area contributed by atoms with Crippen LogP contribution in [-0.4, -0.2) is 71.3 Å². The molecule has 2 fully saturated rings. The molecule has 7 heteroatoms. The molecule has 0 aliphatic carbocycles. The van der Waals surface area contributed by atoms with E-state index in [1.807, 2.05) is 30.3 Å². The Morgan fingerprint density at radius 2 is 1.75 bits per heavy atom. The van der Waals surface area contributed by atoms with Crippen molar-refractivity contribution in [2.75, 3.05) is 50.7 Å². The summed E-state index contributed by atoms with van der Waals surface area (Å²) in [4.78, 5) is 32.3. The Hall–Kier alpha value is -2.67. The molecule has 0 saturated carbocycles. The first-order valence-electron chi connectivity index (χ1n) is 12.0. The summed E-state index contributed by atoms with van der Waals surface area (Å²) in [6.07, 6.45) is 5.90. The molecule has 0 bridgehead atoms. The molecular weight excluding hydrogens is 402 g/mol. The second kappa shape index (κ2) is 10.8. The number of piperidine rings is 1. The first kappa shape index (κ1) is 22.5. The van der Waals surface area contributed by atoms with Gasteiger partial charge >= 0.3 is 0 Å². The van der Waals surface area contributed by atoms with Crippen LogP contribution in [0, 0.1) is 5.92 Å². The lowest BCUT2D eigenvalue weighted by Crippen LogP contribution is -2.51. The molecule has 1 amide bonds. The fourth-order valence-electron chi connectivity index (χ4n) is 4.69. The number of anilines is 1. The van der Waals surface area contributed by atoms with Gasteiger partial charge in [-0.15, -0.1) is 0 Å². The number of piperazine rings is 1. The van der Waals surface area contributed by atoms with Gasteiger partial charge in [-0.2, -0.15) is 5.10 Å². The number of amides is 1. The van der Waals surface area contributed by atoms with E-state index in [9.17, 15) is 9.59 Å². The van der Waals surface area contributed by atoms with Crippen molar-refractivity contribution in [3.05, 3.63) is 58.5 Å². The van der Waals surface area contributed by atoms with Gasteiger partial charge in [-0.3, -0.25) is 14.5 Å². The number of carbonyl (C=O) groups excluding carboxylic acids is 1. The average molecular weight is 438 g/mol. The van der Waals surface area contributed by atoms with Crippen molar-refractivity contribution < 1.29 is 4.79 Å². The minimum absolute atomic E-state index is 0.0921. The van der Waals surface area contributed by atoms with Gasteiger partial charge in [-0.1, -0.05) is 43.7 Å². The minimum Gasteiger partial charge on any atom is -0.370 e. The van der Waals surface area contributed by atoms with Crippen molar-refractivity contribution in [2.45, 2.75) is 39.2 Å². The zero-order chi connectivity index (χ0) is 22.3. The number of rotatable bonds is 7. The average Bonchev–Trinajstić information content (AvgIpc) is 2.84.